The first-order valence-corrected chi connectivity index (χ1v) is 14.5. The van der Waals surface area contributed by atoms with Crippen LogP contribution in [0.4, 0.5) is 17.2 Å². The molecule has 0 aliphatic carbocycles. The number of hydrogen-bond acceptors (Lipinski definition) is 3. The zero-order valence-corrected chi connectivity index (χ0v) is 23.0. The van der Waals surface area contributed by atoms with Crippen LogP contribution in [-0.4, -0.2) is 9.55 Å². The van der Waals surface area contributed by atoms with E-state index in [1.807, 2.05) is 17.5 Å². The number of benzene rings is 5. The van der Waals surface area contributed by atoms with Gasteiger partial charge < -0.3 is 4.57 Å². The Hall–Kier alpha value is -5.19. The summed E-state index contributed by atoms with van der Waals surface area (Å²) in [5.41, 5.74) is 6.68. The quantitative estimate of drug-likeness (QED) is 0.215. The average Bonchev–Trinajstić information content (AvgIpc) is 3.62. The second-order valence-corrected chi connectivity index (χ2v) is 11.2. The van der Waals surface area contributed by atoms with E-state index in [4.69, 9.17) is 4.98 Å². The molecule has 0 aliphatic rings. The summed E-state index contributed by atoms with van der Waals surface area (Å²) >= 11 is 1.85. The van der Waals surface area contributed by atoms with Crippen LogP contribution < -0.4 is 4.90 Å². The van der Waals surface area contributed by atoms with Gasteiger partial charge in [-0.1, -0.05) is 84.9 Å². The maximum atomic E-state index is 5.04. The minimum absolute atomic E-state index is 0.887. The maximum absolute atomic E-state index is 5.04. The Kier molecular flexibility index (Phi) is 5.64. The summed E-state index contributed by atoms with van der Waals surface area (Å²) in [4.78, 5) is 7.29. The number of para-hydroxylation sites is 3. The molecule has 194 valence electrons. The Labute approximate surface area is 242 Å². The fraction of sp³-hybridized carbons (Fsp3) is 0. The summed E-state index contributed by atoms with van der Waals surface area (Å²) in [6, 6.07) is 49.2. The van der Waals surface area contributed by atoms with Gasteiger partial charge in [0.05, 0.1) is 5.52 Å². The third-order valence-electron chi connectivity index (χ3n) is 7.66. The van der Waals surface area contributed by atoms with Crippen molar-refractivity contribution in [2.45, 2.75) is 0 Å². The summed E-state index contributed by atoms with van der Waals surface area (Å²) in [7, 11) is 0. The average molecular weight is 544 g/mol. The summed E-state index contributed by atoms with van der Waals surface area (Å²) < 4.78 is 4.91. The van der Waals surface area contributed by atoms with E-state index in [2.05, 4.69) is 155 Å². The van der Waals surface area contributed by atoms with Crippen molar-refractivity contribution < 1.29 is 0 Å². The predicted molar refractivity (Wildman–Crippen MR) is 174 cm³/mol. The van der Waals surface area contributed by atoms with Crippen molar-refractivity contribution in [1.82, 2.24) is 9.55 Å². The lowest BCUT2D eigenvalue weighted by molar-refractivity contribution is 1.10. The number of aromatic nitrogens is 2. The topological polar surface area (TPSA) is 21.1 Å². The highest BCUT2D eigenvalue weighted by atomic mass is 32.1. The molecule has 0 saturated heterocycles. The van der Waals surface area contributed by atoms with Crippen LogP contribution >= 0.6 is 11.3 Å². The zero-order valence-electron chi connectivity index (χ0n) is 22.2. The van der Waals surface area contributed by atoms with E-state index >= 15 is 0 Å². The zero-order chi connectivity index (χ0) is 27.2. The Morgan fingerprint density at radius 3 is 1.93 bits per heavy atom. The molecule has 0 amide bonds. The smallest absolute Gasteiger partial charge is 0.162 e. The van der Waals surface area contributed by atoms with E-state index in [1.54, 1.807) is 0 Å². The summed E-state index contributed by atoms with van der Waals surface area (Å²) in [5, 5.41) is 3.79. The SMILES string of the molecule is c1ccc(N(c2ccccc2)c2nccc3c(-c4ccc5c(c4)sc4ccccc45)cn(-c4ccccc4)c23)cc1. The molecule has 8 aromatic rings. The fourth-order valence-corrected chi connectivity index (χ4v) is 6.93. The van der Waals surface area contributed by atoms with Gasteiger partial charge in [-0.25, -0.2) is 4.98 Å². The molecular formula is C37H25N3S. The van der Waals surface area contributed by atoms with E-state index in [-0.39, 0.29) is 0 Å². The molecule has 0 fully saturated rings. The molecule has 4 heteroatoms. The lowest BCUT2D eigenvalue weighted by Crippen LogP contribution is -2.13. The van der Waals surface area contributed by atoms with Crippen LogP contribution in [0.3, 0.4) is 0 Å². The summed E-state index contributed by atoms with van der Waals surface area (Å²) in [6.07, 6.45) is 4.21. The van der Waals surface area contributed by atoms with Gasteiger partial charge in [-0.3, -0.25) is 4.90 Å². The van der Waals surface area contributed by atoms with Gasteiger partial charge in [-0.2, -0.15) is 0 Å². The van der Waals surface area contributed by atoms with Crippen LogP contribution in [0.5, 0.6) is 0 Å². The van der Waals surface area contributed by atoms with E-state index in [0.29, 0.717) is 0 Å². The molecule has 0 radical (unpaired) electrons. The number of pyridine rings is 1. The van der Waals surface area contributed by atoms with Gasteiger partial charge in [0.15, 0.2) is 5.82 Å². The minimum atomic E-state index is 0.887. The number of hydrogen-bond donors (Lipinski definition) is 0. The third-order valence-corrected chi connectivity index (χ3v) is 8.79. The largest absolute Gasteiger partial charge is 0.313 e. The number of anilines is 3. The first kappa shape index (κ1) is 23.7. The van der Waals surface area contributed by atoms with Crippen LogP contribution in [0.2, 0.25) is 0 Å². The number of nitrogens with zero attached hydrogens (tertiary/aromatic N) is 3. The van der Waals surface area contributed by atoms with Crippen molar-refractivity contribution in [2.75, 3.05) is 4.90 Å². The molecule has 3 heterocycles. The van der Waals surface area contributed by atoms with Crippen molar-refractivity contribution in [3.63, 3.8) is 0 Å². The predicted octanol–water partition coefficient (Wildman–Crippen LogP) is 10.5. The molecule has 5 aromatic carbocycles. The molecule has 0 bridgehead atoms. The Morgan fingerprint density at radius 2 is 1.20 bits per heavy atom. The van der Waals surface area contributed by atoms with Crippen molar-refractivity contribution in [2.24, 2.45) is 0 Å². The van der Waals surface area contributed by atoms with E-state index < -0.39 is 0 Å². The lowest BCUT2D eigenvalue weighted by Gasteiger charge is -2.25. The normalized spacial score (nSPS) is 11.4. The first-order valence-electron chi connectivity index (χ1n) is 13.7. The van der Waals surface area contributed by atoms with Gasteiger partial charge in [0.2, 0.25) is 0 Å². The lowest BCUT2D eigenvalue weighted by atomic mass is 10.0. The van der Waals surface area contributed by atoms with E-state index in [0.717, 1.165) is 33.8 Å². The van der Waals surface area contributed by atoms with Crippen molar-refractivity contribution in [3.05, 3.63) is 152 Å². The molecular weight excluding hydrogens is 518 g/mol. The Balaban J connectivity index is 1.41. The highest BCUT2D eigenvalue weighted by Gasteiger charge is 2.22. The molecule has 41 heavy (non-hydrogen) atoms. The Morgan fingerprint density at radius 1 is 0.561 bits per heavy atom. The monoisotopic (exact) mass is 543 g/mol. The summed E-state index contributed by atoms with van der Waals surface area (Å²) in [5.74, 6) is 0.887. The van der Waals surface area contributed by atoms with Crippen LogP contribution in [0, 0.1) is 0 Å². The fourth-order valence-electron chi connectivity index (χ4n) is 5.79. The number of thiophene rings is 1. The van der Waals surface area contributed by atoms with Gasteiger partial charge in [-0.05, 0) is 60.2 Å². The third kappa shape index (κ3) is 4.00. The molecule has 0 atom stereocenters. The van der Waals surface area contributed by atoms with Gasteiger partial charge in [0.25, 0.3) is 0 Å². The molecule has 0 N–H and O–H groups in total. The van der Waals surface area contributed by atoms with Gasteiger partial charge in [0, 0.05) is 60.6 Å². The molecule has 8 rings (SSSR count). The van der Waals surface area contributed by atoms with Gasteiger partial charge in [-0.15, -0.1) is 11.3 Å². The summed E-state index contributed by atoms with van der Waals surface area (Å²) in [6.45, 7) is 0. The second kappa shape index (κ2) is 9.77. The highest BCUT2D eigenvalue weighted by Crippen LogP contribution is 2.43. The van der Waals surface area contributed by atoms with E-state index in [1.165, 1.54) is 31.3 Å². The standard InChI is InChI=1S/C37H25N3S/c1-4-12-27(13-5-1)39-25-33(26-20-21-31-30-18-10-11-19-34(30)41-35(31)24-26)32-22-23-38-37(36(32)39)40(28-14-6-2-7-15-28)29-16-8-3-9-17-29/h1-25H. The van der Waals surface area contributed by atoms with Crippen molar-refractivity contribution in [3.8, 4) is 16.8 Å². The molecule has 3 nitrogen and oxygen atoms in total. The molecule has 0 unspecified atom stereocenters. The van der Waals surface area contributed by atoms with Gasteiger partial charge in [0.1, 0.15) is 0 Å². The van der Waals surface area contributed by atoms with Gasteiger partial charge >= 0.3 is 0 Å². The van der Waals surface area contributed by atoms with Crippen LogP contribution in [-0.2, 0) is 0 Å². The number of fused-ring (bicyclic) bond motifs is 4. The highest BCUT2D eigenvalue weighted by molar-refractivity contribution is 7.25. The first-order chi connectivity index (χ1) is 20.3. The second-order valence-electron chi connectivity index (χ2n) is 10.1. The van der Waals surface area contributed by atoms with Crippen LogP contribution in [0.1, 0.15) is 0 Å². The number of rotatable bonds is 5. The van der Waals surface area contributed by atoms with Crippen LogP contribution in [0.25, 0.3) is 47.9 Å². The van der Waals surface area contributed by atoms with Crippen molar-refractivity contribution >= 4 is 59.6 Å². The van der Waals surface area contributed by atoms with Crippen LogP contribution in [0.15, 0.2) is 152 Å². The minimum Gasteiger partial charge on any atom is -0.313 e. The molecule has 0 aliphatic heterocycles. The molecule has 0 spiro atoms. The molecule has 0 saturated carbocycles. The van der Waals surface area contributed by atoms with Crippen molar-refractivity contribution in [1.29, 1.82) is 0 Å². The van der Waals surface area contributed by atoms with E-state index in [9.17, 15) is 0 Å². The Bertz CT molecular complexity index is 2110. The molecule has 3 aromatic heterocycles. The maximum Gasteiger partial charge on any atom is 0.162 e.